The molecule has 22 heteroatoms. The molecule has 4 heterocycles. The number of imidazole rings is 4. The molecule has 137 heavy (non-hydrogen) atoms. The van der Waals surface area contributed by atoms with Crippen molar-refractivity contribution in [2.45, 2.75) is 158 Å². The number of primary amides is 1. The van der Waals surface area contributed by atoms with Crippen molar-refractivity contribution in [3.63, 3.8) is 0 Å². The number of rotatable bonds is 32. The van der Waals surface area contributed by atoms with E-state index in [4.69, 9.17) is 22.0 Å². The molecule has 13 aromatic carbocycles. The van der Waals surface area contributed by atoms with Crippen molar-refractivity contribution in [2.24, 2.45) is 5.73 Å². The van der Waals surface area contributed by atoms with Crippen molar-refractivity contribution >= 4 is 67.9 Å². The second-order valence-corrected chi connectivity index (χ2v) is 36.2. The Labute approximate surface area is 801 Å². The Kier molecular flexibility index (Phi) is 32.8. The van der Waals surface area contributed by atoms with Crippen LogP contribution in [0.2, 0.25) is 0 Å². The summed E-state index contributed by atoms with van der Waals surface area (Å²) in [4.78, 5) is 48.4. The van der Waals surface area contributed by atoms with E-state index < -0.39 is 18.5 Å². The molecule has 702 valence electrons. The van der Waals surface area contributed by atoms with Gasteiger partial charge in [0.2, 0.25) is 40.2 Å². The molecule has 0 spiro atoms. The second kappa shape index (κ2) is 46.0. The van der Waals surface area contributed by atoms with Gasteiger partial charge in [-0.05, 0) is 187 Å². The maximum Gasteiger partial charge on any atom is 0.312 e. The Morgan fingerprint density at radius 1 is 0.263 bits per heavy atom. The van der Waals surface area contributed by atoms with Crippen LogP contribution in [-0.4, -0.2) is 98.2 Å². The van der Waals surface area contributed by atoms with Gasteiger partial charge in [0.1, 0.15) is 6.61 Å². The number of aliphatic hydroxyl groups is 1. The molecule has 22 nitrogen and oxygen atoms in total. The topological polar surface area (TPSA) is 297 Å². The number of carbonyl (C=O) groups excluding carboxylic acids is 4. The number of hydrogen-bond donors (Lipinski definition) is 10. The van der Waals surface area contributed by atoms with Crippen molar-refractivity contribution in [3.05, 3.63) is 438 Å². The molecule has 0 aliphatic carbocycles. The minimum absolute atomic E-state index is 0.0108. The van der Waals surface area contributed by atoms with Crippen molar-refractivity contribution in [2.75, 3.05) is 32.8 Å². The minimum Gasteiger partial charge on any atom is -0.387 e. The van der Waals surface area contributed by atoms with E-state index >= 15 is 0 Å². The molecule has 11 N–H and O–H groups in total. The fourth-order valence-corrected chi connectivity index (χ4v) is 17.7. The van der Waals surface area contributed by atoms with E-state index in [9.17, 15) is 29.7 Å². The monoisotopic (exact) mass is 1830 g/mol. The first-order chi connectivity index (χ1) is 66.2. The summed E-state index contributed by atoms with van der Waals surface area (Å²) in [6, 6.07) is 107. The number of para-hydroxylation sites is 8. The molecule has 5 amide bonds. The highest BCUT2D eigenvalue weighted by Gasteiger charge is 2.27. The number of aromatic nitrogens is 8. The summed E-state index contributed by atoms with van der Waals surface area (Å²) in [7, 11) is 0. The summed E-state index contributed by atoms with van der Waals surface area (Å²) in [5, 5.41) is 57.6. The Morgan fingerprint density at radius 2 is 0.453 bits per heavy atom. The number of amides is 5. The molecule has 4 atom stereocenters. The van der Waals surface area contributed by atoms with Crippen LogP contribution in [0.4, 0.5) is 4.79 Å². The molecule has 0 radical (unpaired) electrons. The lowest BCUT2D eigenvalue weighted by Gasteiger charge is -2.21. The number of hydrogen-bond acceptors (Lipinski definition) is 9. The number of nitrogens with one attached hydrogen (secondary N) is 8. The first-order valence-electron chi connectivity index (χ1n) is 47.1. The van der Waals surface area contributed by atoms with Crippen molar-refractivity contribution in [1.82, 2.24) is 57.8 Å². The number of carbonyl (C=O) groups is 4. The van der Waals surface area contributed by atoms with Gasteiger partial charge in [0.25, 0.3) is 0 Å². The second-order valence-electron chi connectivity index (χ2n) is 36.2. The summed E-state index contributed by atoms with van der Waals surface area (Å²) in [5.74, 6) is -0.401. The minimum atomic E-state index is -0.561. The molecule has 0 aliphatic rings. The summed E-state index contributed by atoms with van der Waals surface area (Å²) < 4.78 is 16.3. The van der Waals surface area contributed by atoms with E-state index in [0.29, 0.717) is 107 Å². The number of benzene rings is 13. The van der Waals surface area contributed by atoms with Crippen LogP contribution in [0.3, 0.4) is 0 Å². The van der Waals surface area contributed by atoms with Gasteiger partial charge in [-0.25, -0.2) is 4.79 Å². The number of aliphatic hydroxyl groups excluding tert-OH is 1. The quantitative estimate of drug-likeness (QED) is 0.0196. The third-order valence-corrected chi connectivity index (χ3v) is 25.4. The normalized spacial score (nSPS) is 12.1. The molecule has 0 saturated carbocycles. The highest BCUT2D eigenvalue weighted by molar-refractivity contribution is 5.81. The number of urea groups is 1. The van der Waals surface area contributed by atoms with E-state index in [-0.39, 0.29) is 36.0 Å². The zero-order chi connectivity index (χ0) is 96.8. The van der Waals surface area contributed by atoms with Crippen LogP contribution in [0.25, 0.3) is 44.1 Å². The van der Waals surface area contributed by atoms with Crippen LogP contribution in [0.15, 0.2) is 315 Å². The van der Waals surface area contributed by atoms with Gasteiger partial charge in [-0.1, -0.05) is 324 Å². The van der Waals surface area contributed by atoms with E-state index in [0.717, 1.165) is 89.5 Å². The Hall–Kier alpha value is -15.4. The summed E-state index contributed by atoms with van der Waals surface area (Å²) in [6.45, 7) is 24.0. The van der Waals surface area contributed by atoms with Gasteiger partial charge < -0.3 is 68.6 Å². The van der Waals surface area contributed by atoms with Gasteiger partial charge in [0, 0.05) is 32.6 Å². The first kappa shape index (κ1) is 97.6. The molecule has 0 aliphatic heterocycles. The lowest BCUT2D eigenvalue weighted by atomic mass is 10.0. The van der Waals surface area contributed by atoms with E-state index in [1.54, 1.807) is 0 Å². The molecule has 17 aromatic rings. The van der Waals surface area contributed by atoms with Gasteiger partial charge in [-0.15, -0.1) is 0 Å². The predicted octanol–water partition coefficient (Wildman–Crippen LogP) is 18.5. The van der Waals surface area contributed by atoms with Crippen LogP contribution in [0.5, 0.6) is 0 Å². The largest absolute Gasteiger partial charge is 0.387 e. The van der Waals surface area contributed by atoms with E-state index in [1.165, 1.54) is 61.2 Å². The number of fused-ring (bicyclic) bond motifs is 4. The zero-order valence-corrected chi connectivity index (χ0v) is 80.2. The Morgan fingerprint density at radius 3 is 0.664 bits per heavy atom. The summed E-state index contributed by atoms with van der Waals surface area (Å²) in [5.41, 5.74) is 36.1. The Bertz CT molecular complexity index is 7030. The van der Waals surface area contributed by atoms with Gasteiger partial charge >= 0.3 is 6.03 Å². The van der Waals surface area contributed by atoms with Gasteiger partial charge in [0.05, 0.1) is 101 Å². The highest BCUT2D eigenvalue weighted by atomic mass is 16.3. The molecular formula is C115H127N17O5. The molecule has 0 bridgehead atoms. The standard InChI is InChI=1S/C34H36N4O.C28H32N4O.C27H30N4O2.C26H29N5O/c1-24-8-14-27(15-9-24)20-30(22-36-33(39)21-28-16-10-25(2)11-17-28)38-32-7-5-4-6-31(32)37(34(38)35)23-29-18-12-26(3)13-19-29;1-4-27(33)30-18-24(17-22-13-9-20(2)10-14-22)32-26-8-6-5-7-25(26)31(28(32)29)19-23-15-11-21(3)12-16-23;1-19-7-11-21(12-8-19)15-23(16-29-26(33)18-32)31-25-6-4-3-5-24(25)30(27(31)28)17-22-13-9-20(2)10-14-22;1-18-7-11-20(12-8-18)15-22(16-29-25(27)32)31-24-6-4-3-5-23(24)30(26(31)28)17-21-13-9-19(2)10-14-21/h4-19,30,35H,20-23H2,1-3H3,(H,36,39);5-16,24,29H,4,17-19H2,1-3H3,(H,30,33);3-14,23,28,32H,15-18H2,1-2H3,(H,29,33);3-14,22,28H,15-17H2,1-2H3,(H3,27,29,32). The summed E-state index contributed by atoms with van der Waals surface area (Å²) in [6.07, 6.45) is 3.56. The zero-order valence-electron chi connectivity index (χ0n) is 80.2. The highest BCUT2D eigenvalue weighted by Crippen LogP contribution is 2.29. The third-order valence-electron chi connectivity index (χ3n) is 25.4. The van der Waals surface area contributed by atoms with Gasteiger partial charge in [-0.3, -0.25) is 36.0 Å². The fraction of sp³-hybridized carbons (Fsp3) is 0.252. The van der Waals surface area contributed by atoms with Gasteiger partial charge in [0.15, 0.2) is 0 Å². The average molecular weight is 1830 g/mol. The van der Waals surface area contributed by atoms with Crippen molar-refractivity contribution < 1.29 is 24.3 Å². The lowest BCUT2D eigenvalue weighted by Crippen LogP contribution is -2.38. The van der Waals surface area contributed by atoms with Crippen molar-refractivity contribution in [1.29, 1.82) is 21.6 Å². The third kappa shape index (κ3) is 25.4. The molecule has 17 rings (SSSR count). The van der Waals surface area contributed by atoms with Crippen LogP contribution in [0, 0.1) is 84.0 Å². The lowest BCUT2D eigenvalue weighted by molar-refractivity contribution is -0.124. The smallest absolute Gasteiger partial charge is 0.312 e. The Balaban J connectivity index is 0.000000146. The molecular weight excluding hydrogens is 1700 g/mol. The number of nitrogens with two attached hydrogens (primary N) is 1. The predicted molar refractivity (Wildman–Crippen MR) is 549 cm³/mol. The molecule has 4 aromatic heterocycles. The van der Waals surface area contributed by atoms with Crippen molar-refractivity contribution in [3.8, 4) is 0 Å². The number of nitrogens with zero attached hydrogens (tertiary/aromatic N) is 8. The molecule has 4 unspecified atom stereocenters. The van der Waals surface area contributed by atoms with Crippen LogP contribution < -0.4 is 49.5 Å². The summed E-state index contributed by atoms with van der Waals surface area (Å²) >= 11 is 0. The molecule has 0 fully saturated rings. The maximum absolute atomic E-state index is 13.0. The van der Waals surface area contributed by atoms with E-state index in [2.05, 4.69) is 313 Å². The van der Waals surface area contributed by atoms with Gasteiger partial charge in [-0.2, -0.15) is 0 Å². The average Bonchev–Trinajstić information content (AvgIpc) is 1.63. The van der Waals surface area contributed by atoms with Crippen LogP contribution in [-0.2, 0) is 72.7 Å². The van der Waals surface area contributed by atoms with Crippen LogP contribution >= 0.6 is 0 Å². The van der Waals surface area contributed by atoms with E-state index in [1.807, 2.05) is 129 Å². The number of aryl methyl sites for hydroxylation is 9. The maximum atomic E-state index is 13.0. The SMILES string of the molecule is CCC(=O)NCC(Cc1ccc(C)cc1)n1c(=N)n(Cc2ccc(C)cc2)c2ccccc21.Cc1ccc(CC(=O)NCC(Cc2ccc(C)cc2)n2c(=N)n(Cc3ccc(C)cc3)c3ccccc32)cc1.Cc1ccc(CC(CNC(=O)CO)n2c(=N)n(Cc3ccc(C)cc3)c3ccccc32)cc1.Cc1ccc(CC(CNC(N)=O)n2c(=N)n(Cc3ccc(C)cc3)c3ccccc32)cc1. The fourth-order valence-electron chi connectivity index (χ4n) is 17.7. The van der Waals surface area contributed by atoms with Crippen LogP contribution in [0.1, 0.15) is 138 Å². The molecule has 0 saturated heterocycles. The first-order valence-corrected chi connectivity index (χ1v) is 47.1.